The monoisotopic (exact) mass is 483 g/mol. The summed E-state index contributed by atoms with van der Waals surface area (Å²) < 4.78 is 15.4. The van der Waals surface area contributed by atoms with E-state index in [0.29, 0.717) is 28.8 Å². The first kappa shape index (κ1) is 25.4. The second-order valence-corrected chi connectivity index (χ2v) is 9.38. The van der Waals surface area contributed by atoms with Gasteiger partial charge in [-0.2, -0.15) is 0 Å². The van der Waals surface area contributed by atoms with Crippen molar-refractivity contribution in [2.24, 2.45) is 5.92 Å². The summed E-state index contributed by atoms with van der Waals surface area (Å²) in [7, 11) is 0. The van der Waals surface area contributed by atoms with Gasteiger partial charge in [-0.25, -0.2) is 4.39 Å². The lowest BCUT2D eigenvalue weighted by Crippen LogP contribution is -2.33. The standard InChI is InChI=1S/C25H30FN5O2S/c1-6-31-23(22(15(2)3)28-24(33)18-10-7-16(4)8-11-18)29-30-25(31)34-14-21(32)27-20-13-19(26)12-9-17(20)5/h7-13,15,22H,6,14H2,1-5H3,(H,27,32)(H,28,33)/t22-/m0/s1. The molecule has 0 radical (unpaired) electrons. The van der Waals surface area contributed by atoms with Gasteiger partial charge in [0.2, 0.25) is 5.91 Å². The van der Waals surface area contributed by atoms with Gasteiger partial charge >= 0.3 is 0 Å². The lowest BCUT2D eigenvalue weighted by Gasteiger charge is -2.22. The number of amides is 2. The minimum Gasteiger partial charge on any atom is -0.342 e. The van der Waals surface area contributed by atoms with Gasteiger partial charge in [0, 0.05) is 17.8 Å². The molecule has 0 spiro atoms. The molecule has 3 aromatic rings. The van der Waals surface area contributed by atoms with Crippen LogP contribution in [0.25, 0.3) is 0 Å². The van der Waals surface area contributed by atoms with E-state index in [0.717, 1.165) is 11.1 Å². The molecular weight excluding hydrogens is 453 g/mol. The molecule has 2 N–H and O–H groups in total. The SMILES string of the molecule is CCn1c(SCC(=O)Nc2cc(F)ccc2C)nnc1[C@@H](NC(=O)c1ccc(C)cc1)C(C)C. The molecule has 0 unspecified atom stereocenters. The van der Waals surface area contributed by atoms with Crippen molar-refractivity contribution in [3.63, 3.8) is 0 Å². The highest BCUT2D eigenvalue weighted by Gasteiger charge is 2.26. The van der Waals surface area contributed by atoms with E-state index in [1.54, 1.807) is 25.1 Å². The van der Waals surface area contributed by atoms with Crippen molar-refractivity contribution in [1.29, 1.82) is 0 Å². The van der Waals surface area contributed by atoms with Crippen molar-refractivity contribution >= 4 is 29.3 Å². The number of benzene rings is 2. The van der Waals surface area contributed by atoms with Crippen LogP contribution in [0, 0.1) is 25.6 Å². The number of aromatic nitrogens is 3. The third-order valence-corrected chi connectivity index (χ3v) is 6.38. The molecule has 7 nitrogen and oxygen atoms in total. The van der Waals surface area contributed by atoms with E-state index in [1.807, 2.05) is 44.4 Å². The van der Waals surface area contributed by atoms with Crippen molar-refractivity contribution in [1.82, 2.24) is 20.1 Å². The molecule has 0 aliphatic carbocycles. The highest BCUT2D eigenvalue weighted by molar-refractivity contribution is 7.99. The Kier molecular flexibility index (Phi) is 8.44. The Morgan fingerprint density at radius 3 is 2.44 bits per heavy atom. The molecule has 2 aromatic carbocycles. The second kappa shape index (κ2) is 11.3. The maximum atomic E-state index is 13.5. The number of carbonyl (C=O) groups is 2. The Balaban J connectivity index is 1.72. The predicted octanol–water partition coefficient (Wildman–Crippen LogP) is 4.91. The van der Waals surface area contributed by atoms with Gasteiger partial charge in [0.1, 0.15) is 5.82 Å². The van der Waals surface area contributed by atoms with Crippen molar-refractivity contribution in [3.8, 4) is 0 Å². The molecule has 0 saturated carbocycles. The predicted molar refractivity (Wildman–Crippen MR) is 132 cm³/mol. The topological polar surface area (TPSA) is 88.9 Å². The van der Waals surface area contributed by atoms with Crippen molar-refractivity contribution < 1.29 is 14.0 Å². The van der Waals surface area contributed by atoms with Crippen molar-refractivity contribution in [3.05, 3.63) is 70.8 Å². The molecule has 0 fully saturated rings. The minimum absolute atomic E-state index is 0.0704. The van der Waals surface area contributed by atoms with Crippen LogP contribution in [0.2, 0.25) is 0 Å². The van der Waals surface area contributed by atoms with Crippen LogP contribution in [0.5, 0.6) is 0 Å². The lowest BCUT2D eigenvalue weighted by molar-refractivity contribution is -0.113. The highest BCUT2D eigenvalue weighted by atomic mass is 32.2. The minimum atomic E-state index is -0.406. The number of hydrogen-bond donors (Lipinski definition) is 2. The largest absolute Gasteiger partial charge is 0.342 e. The fourth-order valence-electron chi connectivity index (χ4n) is 3.44. The molecule has 1 heterocycles. The number of halogens is 1. The van der Waals surface area contributed by atoms with Crippen LogP contribution in [0.15, 0.2) is 47.6 Å². The Bertz CT molecular complexity index is 1160. The first-order valence-electron chi connectivity index (χ1n) is 11.2. The molecule has 0 aliphatic rings. The molecule has 1 aromatic heterocycles. The van der Waals surface area contributed by atoms with E-state index < -0.39 is 5.82 Å². The van der Waals surface area contributed by atoms with Crippen LogP contribution in [-0.4, -0.2) is 32.3 Å². The smallest absolute Gasteiger partial charge is 0.251 e. The van der Waals surface area contributed by atoms with Gasteiger partial charge in [-0.1, -0.05) is 49.4 Å². The zero-order chi connectivity index (χ0) is 24.8. The average Bonchev–Trinajstić information content (AvgIpc) is 3.21. The molecule has 0 bridgehead atoms. The number of nitrogens with one attached hydrogen (secondary N) is 2. The maximum absolute atomic E-state index is 13.5. The zero-order valence-corrected chi connectivity index (χ0v) is 20.9. The summed E-state index contributed by atoms with van der Waals surface area (Å²) in [6.07, 6.45) is 0. The number of nitrogens with zero attached hydrogens (tertiary/aromatic N) is 3. The molecule has 180 valence electrons. The molecule has 2 amide bonds. The fourth-order valence-corrected chi connectivity index (χ4v) is 4.25. The van der Waals surface area contributed by atoms with Crippen LogP contribution in [-0.2, 0) is 11.3 Å². The third-order valence-electron chi connectivity index (χ3n) is 5.41. The molecule has 34 heavy (non-hydrogen) atoms. The third kappa shape index (κ3) is 6.22. The van der Waals surface area contributed by atoms with E-state index in [1.165, 1.54) is 23.9 Å². The van der Waals surface area contributed by atoms with E-state index >= 15 is 0 Å². The average molecular weight is 484 g/mol. The number of rotatable bonds is 9. The quantitative estimate of drug-likeness (QED) is 0.422. The highest BCUT2D eigenvalue weighted by Crippen LogP contribution is 2.26. The molecular formula is C25H30FN5O2S. The number of carbonyl (C=O) groups excluding carboxylic acids is 2. The Morgan fingerprint density at radius 1 is 1.09 bits per heavy atom. The van der Waals surface area contributed by atoms with E-state index in [2.05, 4.69) is 20.8 Å². The van der Waals surface area contributed by atoms with Gasteiger partial charge in [0.25, 0.3) is 5.91 Å². The molecule has 0 saturated heterocycles. The van der Waals surface area contributed by atoms with Crippen LogP contribution < -0.4 is 10.6 Å². The zero-order valence-electron chi connectivity index (χ0n) is 20.1. The number of thioether (sulfide) groups is 1. The summed E-state index contributed by atoms with van der Waals surface area (Å²) in [5.41, 5.74) is 2.89. The number of hydrogen-bond acceptors (Lipinski definition) is 5. The molecule has 9 heteroatoms. The van der Waals surface area contributed by atoms with E-state index in [4.69, 9.17) is 0 Å². The van der Waals surface area contributed by atoms with Gasteiger partial charge in [-0.05, 0) is 56.5 Å². The Hall–Kier alpha value is -3.20. The first-order chi connectivity index (χ1) is 16.2. The van der Waals surface area contributed by atoms with Crippen molar-refractivity contribution in [2.45, 2.75) is 52.4 Å². The van der Waals surface area contributed by atoms with E-state index in [-0.39, 0.29) is 29.5 Å². The Labute approximate surface area is 203 Å². The van der Waals surface area contributed by atoms with Gasteiger partial charge in [-0.15, -0.1) is 10.2 Å². The first-order valence-corrected chi connectivity index (χ1v) is 12.2. The van der Waals surface area contributed by atoms with Crippen LogP contribution in [0.1, 0.15) is 54.1 Å². The summed E-state index contributed by atoms with van der Waals surface area (Å²) >= 11 is 1.25. The molecule has 0 aliphatic heterocycles. The fraction of sp³-hybridized carbons (Fsp3) is 0.360. The maximum Gasteiger partial charge on any atom is 0.251 e. The summed E-state index contributed by atoms with van der Waals surface area (Å²) in [5, 5.41) is 15.0. The van der Waals surface area contributed by atoms with Crippen molar-refractivity contribution in [2.75, 3.05) is 11.1 Å². The Morgan fingerprint density at radius 2 is 1.79 bits per heavy atom. The number of aryl methyl sites for hydroxylation is 2. The van der Waals surface area contributed by atoms with Gasteiger partial charge in [0.15, 0.2) is 11.0 Å². The molecule has 3 rings (SSSR count). The summed E-state index contributed by atoms with van der Waals surface area (Å²) in [5.74, 6) is -0.0440. The summed E-state index contributed by atoms with van der Waals surface area (Å²) in [6.45, 7) is 10.3. The molecule has 1 atom stereocenters. The number of anilines is 1. The second-order valence-electron chi connectivity index (χ2n) is 8.44. The van der Waals surface area contributed by atoms with E-state index in [9.17, 15) is 14.0 Å². The van der Waals surface area contributed by atoms with Crippen LogP contribution in [0.3, 0.4) is 0 Å². The van der Waals surface area contributed by atoms with Gasteiger partial charge < -0.3 is 15.2 Å². The lowest BCUT2D eigenvalue weighted by atomic mass is 10.0. The summed E-state index contributed by atoms with van der Waals surface area (Å²) in [4.78, 5) is 25.3. The van der Waals surface area contributed by atoms with Gasteiger partial charge in [0.05, 0.1) is 11.8 Å². The van der Waals surface area contributed by atoms with Crippen LogP contribution >= 0.6 is 11.8 Å². The summed E-state index contributed by atoms with van der Waals surface area (Å²) in [6, 6.07) is 11.3. The van der Waals surface area contributed by atoms with Gasteiger partial charge in [-0.3, -0.25) is 9.59 Å². The van der Waals surface area contributed by atoms with Crippen LogP contribution in [0.4, 0.5) is 10.1 Å². The normalized spacial score (nSPS) is 12.0.